The highest BCUT2D eigenvalue weighted by Crippen LogP contribution is 2.37. The average Bonchev–Trinajstić information content (AvgIpc) is 2.89. The van der Waals surface area contributed by atoms with Gasteiger partial charge in [-0.15, -0.1) is 0 Å². The molecule has 1 aliphatic heterocycles. The van der Waals surface area contributed by atoms with Crippen LogP contribution in [0.1, 0.15) is 32.6 Å². The molecule has 0 aliphatic carbocycles. The minimum absolute atomic E-state index is 0.0460. The van der Waals surface area contributed by atoms with Crippen LogP contribution in [0.5, 0.6) is 11.6 Å². The maximum absolute atomic E-state index is 13.4. The topological polar surface area (TPSA) is 61.8 Å². The van der Waals surface area contributed by atoms with Crippen LogP contribution < -0.4 is 9.64 Å². The lowest BCUT2D eigenvalue weighted by Gasteiger charge is -2.32. The first kappa shape index (κ1) is 29.1. The Hall–Kier alpha value is -3.87. The second-order valence-electron chi connectivity index (χ2n) is 9.62. The number of alkyl halides is 6. The van der Waals surface area contributed by atoms with Crippen molar-refractivity contribution < 1.29 is 35.9 Å². The number of benzene rings is 2. The van der Waals surface area contributed by atoms with E-state index in [1.54, 1.807) is 25.1 Å². The molecule has 2 heterocycles. The van der Waals surface area contributed by atoms with E-state index in [1.165, 1.54) is 13.2 Å². The van der Waals surface area contributed by atoms with Gasteiger partial charge in [0.1, 0.15) is 11.3 Å². The van der Waals surface area contributed by atoms with E-state index in [4.69, 9.17) is 4.74 Å². The maximum atomic E-state index is 13.4. The number of rotatable bonds is 6. The van der Waals surface area contributed by atoms with E-state index < -0.39 is 35.9 Å². The Kier molecular flexibility index (Phi) is 8.24. The van der Waals surface area contributed by atoms with Crippen LogP contribution in [0.2, 0.25) is 0 Å². The fraction of sp³-hybridized carbons (Fsp3) is 0.370. The molecule has 2 aromatic carbocycles. The number of amides is 1. The summed E-state index contributed by atoms with van der Waals surface area (Å²) in [5.74, 6) is -0.0481. The lowest BCUT2D eigenvalue weighted by molar-refractivity contribution is -0.143. The zero-order valence-electron chi connectivity index (χ0n) is 22.0. The summed E-state index contributed by atoms with van der Waals surface area (Å²) in [6.45, 7) is 4.11. The van der Waals surface area contributed by atoms with Gasteiger partial charge in [-0.1, -0.05) is 18.2 Å². The van der Waals surface area contributed by atoms with Crippen molar-refractivity contribution in [1.29, 1.82) is 0 Å². The second kappa shape index (κ2) is 11.3. The first-order valence-electron chi connectivity index (χ1n) is 12.3. The Bertz CT molecular complexity index is 1340. The van der Waals surface area contributed by atoms with Crippen LogP contribution in [-0.4, -0.2) is 65.9 Å². The predicted molar refractivity (Wildman–Crippen MR) is 135 cm³/mol. The van der Waals surface area contributed by atoms with Gasteiger partial charge in [-0.2, -0.15) is 31.3 Å². The second-order valence-corrected chi connectivity index (χ2v) is 9.62. The largest absolute Gasteiger partial charge is 0.438 e. The fourth-order valence-electron chi connectivity index (χ4n) is 4.18. The molecule has 3 aromatic rings. The lowest BCUT2D eigenvalue weighted by Crippen LogP contribution is -2.45. The van der Waals surface area contributed by atoms with Gasteiger partial charge in [0.05, 0.1) is 11.1 Å². The van der Waals surface area contributed by atoms with Crippen LogP contribution in [-0.2, 0) is 18.9 Å². The summed E-state index contributed by atoms with van der Waals surface area (Å²) in [5.41, 5.74) is -2.58. The van der Waals surface area contributed by atoms with Gasteiger partial charge in [-0.3, -0.25) is 4.79 Å². The summed E-state index contributed by atoms with van der Waals surface area (Å²) < 4.78 is 85.9. The van der Waals surface area contributed by atoms with Crippen molar-refractivity contribution in [3.8, 4) is 11.6 Å². The summed E-state index contributed by atoms with van der Waals surface area (Å²) in [4.78, 5) is 27.3. The molecule has 0 N–H and O–H groups in total. The molecular formula is C27H27F6N5O2. The van der Waals surface area contributed by atoms with Crippen LogP contribution in [0.3, 0.4) is 0 Å². The molecule has 40 heavy (non-hydrogen) atoms. The summed E-state index contributed by atoms with van der Waals surface area (Å²) in [5, 5.41) is 0. The van der Waals surface area contributed by atoms with Gasteiger partial charge in [0.15, 0.2) is 0 Å². The van der Waals surface area contributed by atoms with Crippen LogP contribution in [0.4, 0.5) is 32.3 Å². The van der Waals surface area contributed by atoms with Gasteiger partial charge in [-0.05, 0) is 49.4 Å². The zero-order valence-corrected chi connectivity index (χ0v) is 22.0. The summed E-state index contributed by atoms with van der Waals surface area (Å²) in [6, 6.07) is 8.27. The molecule has 0 unspecified atom stereocenters. The number of carbonyl (C=O) groups is 1. The number of hydrogen-bond donors (Lipinski definition) is 0. The lowest BCUT2D eigenvalue weighted by atomic mass is 10.0. The summed E-state index contributed by atoms with van der Waals surface area (Å²) in [6.07, 6.45) is -8.74. The number of hydrogen-bond acceptors (Lipinski definition) is 6. The van der Waals surface area contributed by atoms with Crippen LogP contribution in [0.15, 0.2) is 48.7 Å². The predicted octanol–water partition coefficient (Wildman–Crippen LogP) is 5.64. The van der Waals surface area contributed by atoms with Crippen molar-refractivity contribution in [3.63, 3.8) is 0 Å². The van der Waals surface area contributed by atoms with Crippen molar-refractivity contribution in [1.82, 2.24) is 19.8 Å². The number of anilines is 1. The van der Waals surface area contributed by atoms with Crippen LogP contribution in [0.25, 0.3) is 0 Å². The maximum Gasteiger partial charge on any atom is 0.416 e. The highest BCUT2D eigenvalue weighted by molar-refractivity contribution is 5.96. The molecule has 1 fully saturated rings. The molecule has 214 valence electrons. The highest BCUT2D eigenvalue weighted by Gasteiger charge is 2.37. The number of ether oxygens (including phenoxy) is 1. The molecular weight excluding hydrogens is 540 g/mol. The number of likely N-dealkylation sites (N-methyl/N-ethyl adjacent to an activating group) is 1. The number of para-hydroxylation sites is 1. The summed E-state index contributed by atoms with van der Waals surface area (Å²) >= 11 is 0. The van der Waals surface area contributed by atoms with E-state index in [0.29, 0.717) is 36.9 Å². The zero-order chi connectivity index (χ0) is 29.2. The minimum atomic E-state index is -5.00. The molecule has 4 rings (SSSR count). The van der Waals surface area contributed by atoms with Crippen molar-refractivity contribution in [2.45, 2.75) is 25.8 Å². The standard InChI is InChI=1S/C27H27F6N5O2/c1-17-6-4-5-7-22(17)40-23-21(15-34-25(35-23)38-10-8-36(2)9-11-38)24(39)37(3)16-18-12-19(26(28,29)30)14-20(13-18)27(31,32)33/h4-7,12-15H,8-11,16H2,1-3H3. The Morgan fingerprint density at radius 3 is 2.15 bits per heavy atom. The molecule has 1 amide bonds. The SMILES string of the molecule is Cc1ccccc1Oc1nc(N2CCN(C)CC2)ncc1C(=O)N(C)Cc1cc(C(F)(F)F)cc(C(F)(F)F)c1. The molecule has 0 radical (unpaired) electrons. The fourth-order valence-corrected chi connectivity index (χ4v) is 4.18. The Morgan fingerprint density at radius 2 is 1.57 bits per heavy atom. The van der Waals surface area contributed by atoms with Gasteiger partial charge in [0.2, 0.25) is 11.8 Å². The Morgan fingerprint density at radius 1 is 0.975 bits per heavy atom. The molecule has 0 saturated carbocycles. The third-order valence-electron chi connectivity index (χ3n) is 6.47. The van der Waals surface area contributed by atoms with E-state index in [0.717, 1.165) is 23.6 Å². The van der Waals surface area contributed by atoms with Crippen LogP contribution >= 0.6 is 0 Å². The van der Waals surface area contributed by atoms with Crippen molar-refractivity contribution in [2.24, 2.45) is 0 Å². The molecule has 1 aromatic heterocycles. The molecule has 13 heteroatoms. The normalized spacial score (nSPS) is 14.8. The van der Waals surface area contributed by atoms with Gasteiger partial charge < -0.3 is 19.4 Å². The first-order chi connectivity index (χ1) is 18.7. The number of halogens is 6. The highest BCUT2D eigenvalue weighted by atomic mass is 19.4. The molecule has 1 aliphatic rings. The van der Waals surface area contributed by atoms with E-state index in [9.17, 15) is 31.1 Å². The smallest absolute Gasteiger partial charge is 0.416 e. The first-order valence-corrected chi connectivity index (χ1v) is 12.3. The van der Waals surface area contributed by atoms with Crippen molar-refractivity contribution in [2.75, 3.05) is 45.2 Å². The quantitative estimate of drug-likeness (QED) is 0.360. The monoisotopic (exact) mass is 567 g/mol. The number of nitrogens with zero attached hydrogens (tertiary/aromatic N) is 5. The van der Waals surface area contributed by atoms with E-state index in [1.807, 2.05) is 18.0 Å². The molecule has 0 atom stereocenters. The minimum Gasteiger partial charge on any atom is -0.438 e. The number of piperazine rings is 1. The number of aryl methyl sites for hydroxylation is 1. The van der Waals surface area contributed by atoms with Gasteiger partial charge in [-0.25, -0.2) is 4.98 Å². The van der Waals surface area contributed by atoms with E-state index in [-0.39, 0.29) is 23.1 Å². The molecule has 7 nitrogen and oxygen atoms in total. The van der Waals surface area contributed by atoms with Crippen molar-refractivity contribution in [3.05, 3.63) is 76.5 Å². The Balaban J connectivity index is 1.67. The van der Waals surface area contributed by atoms with Crippen molar-refractivity contribution >= 4 is 11.9 Å². The van der Waals surface area contributed by atoms with Crippen LogP contribution in [0, 0.1) is 6.92 Å². The van der Waals surface area contributed by atoms with E-state index in [2.05, 4.69) is 14.9 Å². The van der Waals surface area contributed by atoms with Gasteiger partial charge in [0.25, 0.3) is 5.91 Å². The molecule has 0 spiro atoms. The number of aromatic nitrogens is 2. The average molecular weight is 568 g/mol. The van der Waals surface area contributed by atoms with Gasteiger partial charge in [0, 0.05) is 46.0 Å². The molecule has 0 bridgehead atoms. The molecule has 1 saturated heterocycles. The third-order valence-corrected chi connectivity index (χ3v) is 6.47. The van der Waals surface area contributed by atoms with Gasteiger partial charge >= 0.3 is 12.4 Å². The Labute approximate surface area is 227 Å². The number of carbonyl (C=O) groups excluding carboxylic acids is 1. The summed E-state index contributed by atoms with van der Waals surface area (Å²) in [7, 11) is 3.26. The third kappa shape index (κ3) is 6.82. The van der Waals surface area contributed by atoms with E-state index >= 15 is 0 Å².